The summed E-state index contributed by atoms with van der Waals surface area (Å²) in [5, 5.41) is 0. The Morgan fingerprint density at radius 1 is 1.09 bits per heavy atom. The zero-order valence-electron chi connectivity index (χ0n) is 14.1. The maximum absolute atomic E-state index is 12.7. The number of carbonyl (C=O) groups is 1. The largest absolute Gasteiger partial charge is 0.338 e. The minimum atomic E-state index is 0.0264. The molecule has 1 amide bonds. The van der Waals surface area contributed by atoms with Gasteiger partial charge in [-0.05, 0) is 19.7 Å². The minimum Gasteiger partial charge on any atom is -0.338 e. The van der Waals surface area contributed by atoms with Crippen LogP contribution in [-0.4, -0.2) is 96.5 Å². The fourth-order valence-electron chi connectivity index (χ4n) is 3.06. The van der Waals surface area contributed by atoms with Gasteiger partial charge in [0, 0.05) is 58.6 Å². The van der Waals surface area contributed by atoms with Gasteiger partial charge in [0.25, 0.3) is 5.91 Å². The van der Waals surface area contributed by atoms with E-state index in [0.29, 0.717) is 11.6 Å². The molecule has 0 atom stereocenters. The molecule has 2 aliphatic heterocycles. The lowest BCUT2D eigenvalue weighted by molar-refractivity contribution is 0.0637. The molecule has 3 heterocycles. The number of nitrogens with zero attached hydrogens (tertiary/aromatic N) is 6. The third-order valence-electron chi connectivity index (χ3n) is 4.75. The summed E-state index contributed by atoms with van der Waals surface area (Å²) in [7, 11) is 2.12. The fraction of sp³-hybridized carbons (Fsp3) is 0.688. The number of anilines is 1. The second-order valence-electron chi connectivity index (χ2n) is 6.26. The number of likely N-dealkylation sites (N-methyl/N-ethyl adjacent to an activating group) is 2. The first-order chi connectivity index (χ1) is 11.2. The molecule has 0 saturated carbocycles. The molecule has 0 N–H and O–H groups in total. The molecule has 0 spiro atoms. The molecule has 2 fully saturated rings. The van der Waals surface area contributed by atoms with Crippen molar-refractivity contribution in [2.45, 2.75) is 6.92 Å². The topological polar surface area (TPSA) is 55.8 Å². The Bertz CT molecular complexity index is 535. The Kier molecular flexibility index (Phi) is 5.07. The number of piperazine rings is 2. The van der Waals surface area contributed by atoms with Crippen molar-refractivity contribution in [3.8, 4) is 0 Å². The average molecular weight is 318 g/mol. The van der Waals surface area contributed by atoms with Crippen LogP contribution in [0.15, 0.2) is 12.3 Å². The van der Waals surface area contributed by atoms with Crippen LogP contribution < -0.4 is 4.90 Å². The first-order valence-corrected chi connectivity index (χ1v) is 8.45. The van der Waals surface area contributed by atoms with E-state index in [-0.39, 0.29) is 5.91 Å². The standard InChI is InChI=1S/C16H26N6O/c1-3-20-8-12-21(13-9-20)15(23)14-4-5-17-16(18-14)22-10-6-19(2)7-11-22/h4-5H,3,6-13H2,1-2H3. The fourth-order valence-corrected chi connectivity index (χ4v) is 3.06. The lowest BCUT2D eigenvalue weighted by Gasteiger charge is -2.34. The van der Waals surface area contributed by atoms with Gasteiger partial charge in [-0.15, -0.1) is 0 Å². The summed E-state index contributed by atoms with van der Waals surface area (Å²) in [5.74, 6) is 0.703. The second kappa shape index (κ2) is 7.23. The van der Waals surface area contributed by atoms with E-state index in [1.54, 1.807) is 12.3 Å². The molecule has 3 rings (SSSR count). The molecule has 0 unspecified atom stereocenters. The van der Waals surface area contributed by atoms with Crippen LogP contribution >= 0.6 is 0 Å². The van der Waals surface area contributed by atoms with Crippen molar-refractivity contribution in [3.63, 3.8) is 0 Å². The van der Waals surface area contributed by atoms with Gasteiger partial charge < -0.3 is 19.6 Å². The van der Waals surface area contributed by atoms with E-state index < -0.39 is 0 Å². The van der Waals surface area contributed by atoms with Crippen molar-refractivity contribution in [2.75, 3.05) is 70.9 Å². The van der Waals surface area contributed by atoms with E-state index >= 15 is 0 Å². The molecule has 1 aromatic heterocycles. The second-order valence-corrected chi connectivity index (χ2v) is 6.26. The highest BCUT2D eigenvalue weighted by Crippen LogP contribution is 2.13. The van der Waals surface area contributed by atoms with Gasteiger partial charge in [-0.1, -0.05) is 6.92 Å². The Morgan fingerprint density at radius 3 is 2.43 bits per heavy atom. The van der Waals surface area contributed by atoms with Crippen molar-refractivity contribution in [1.29, 1.82) is 0 Å². The maximum Gasteiger partial charge on any atom is 0.272 e. The van der Waals surface area contributed by atoms with Crippen molar-refractivity contribution in [2.24, 2.45) is 0 Å². The molecular formula is C16H26N6O. The zero-order chi connectivity index (χ0) is 16.2. The Morgan fingerprint density at radius 2 is 1.78 bits per heavy atom. The van der Waals surface area contributed by atoms with Gasteiger partial charge in [0.2, 0.25) is 5.95 Å². The molecule has 23 heavy (non-hydrogen) atoms. The van der Waals surface area contributed by atoms with E-state index in [2.05, 4.69) is 38.6 Å². The monoisotopic (exact) mass is 318 g/mol. The molecule has 0 bridgehead atoms. The number of rotatable bonds is 3. The molecule has 1 aromatic rings. The summed E-state index contributed by atoms with van der Waals surface area (Å²) in [6, 6.07) is 1.73. The van der Waals surface area contributed by atoms with Gasteiger partial charge >= 0.3 is 0 Å². The van der Waals surface area contributed by atoms with Crippen LogP contribution in [0.5, 0.6) is 0 Å². The Balaban J connectivity index is 1.66. The van der Waals surface area contributed by atoms with Crippen LogP contribution in [0.1, 0.15) is 17.4 Å². The number of hydrogen-bond acceptors (Lipinski definition) is 6. The van der Waals surface area contributed by atoms with Gasteiger partial charge in [-0.25, -0.2) is 9.97 Å². The van der Waals surface area contributed by atoms with E-state index in [1.807, 2.05) is 4.90 Å². The maximum atomic E-state index is 12.7. The zero-order valence-corrected chi connectivity index (χ0v) is 14.1. The van der Waals surface area contributed by atoms with Gasteiger partial charge in [0.05, 0.1) is 0 Å². The average Bonchev–Trinajstić information content (AvgIpc) is 2.62. The molecule has 7 heteroatoms. The Labute approximate surface area is 137 Å². The molecule has 0 aliphatic carbocycles. The summed E-state index contributed by atoms with van der Waals surface area (Å²) in [4.78, 5) is 30.3. The summed E-state index contributed by atoms with van der Waals surface area (Å²) in [6.45, 7) is 10.5. The van der Waals surface area contributed by atoms with Crippen LogP contribution in [0.25, 0.3) is 0 Å². The van der Waals surface area contributed by atoms with Gasteiger partial charge in [-0.3, -0.25) is 4.79 Å². The van der Waals surface area contributed by atoms with Crippen LogP contribution in [0, 0.1) is 0 Å². The Hall–Kier alpha value is -1.73. The molecule has 0 radical (unpaired) electrons. The molecule has 126 valence electrons. The molecule has 2 aliphatic rings. The lowest BCUT2D eigenvalue weighted by Crippen LogP contribution is -2.48. The van der Waals surface area contributed by atoms with Crippen molar-refractivity contribution in [1.82, 2.24) is 24.7 Å². The number of amides is 1. The number of carbonyl (C=O) groups excluding carboxylic acids is 1. The van der Waals surface area contributed by atoms with E-state index in [0.717, 1.165) is 58.9 Å². The van der Waals surface area contributed by atoms with Crippen molar-refractivity contribution < 1.29 is 4.79 Å². The van der Waals surface area contributed by atoms with Crippen LogP contribution in [0.2, 0.25) is 0 Å². The van der Waals surface area contributed by atoms with Gasteiger partial charge in [-0.2, -0.15) is 0 Å². The van der Waals surface area contributed by atoms with E-state index in [9.17, 15) is 4.79 Å². The van der Waals surface area contributed by atoms with E-state index in [4.69, 9.17) is 0 Å². The normalized spacial score (nSPS) is 20.8. The van der Waals surface area contributed by atoms with E-state index in [1.165, 1.54) is 0 Å². The van der Waals surface area contributed by atoms with Crippen molar-refractivity contribution >= 4 is 11.9 Å². The summed E-state index contributed by atoms with van der Waals surface area (Å²) >= 11 is 0. The van der Waals surface area contributed by atoms with Crippen molar-refractivity contribution in [3.05, 3.63) is 18.0 Å². The SMILES string of the molecule is CCN1CCN(C(=O)c2ccnc(N3CCN(C)CC3)n2)CC1. The van der Waals surface area contributed by atoms with Crippen LogP contribution in [0.4, 0.5) is 5.95 Å². The van der Waals surface area contributed by atoms with Gasteiger partial charge in [0.15, 0.2) is 0 Å². The molecule has 0 aromatic carbocycles. The first kappa shape index (κ1) is 16.1. The summed E-state index contributed by atoms with van der Waals surface area (Å²) in [5.41, 5.74) is 0.513. The highest BCUT2D eigenvalue weighted by Gasteiger charge is 2.23. The third kappa shape index (κ3) is 3.79. The smallest absolute Gasteiger partial charge is 0.272 e. The first-order valence-electron chi connectivity index (χ1n) is 8.45. The third-order valence-corrected chi connectivity index (χ3v) is 4.75. The lowest BCUT2D eigenvalue weighted by atomic mass is 10.2. The number of aromatic nitrogens is 2. The summed E-state index contributed by atoms with van der Waals surface area (Å²) in [6.07, 6.45) is 1.70. The van der Waals surface area contributed by atoms with Crippen LogP contribution in [0.3, 0.4) is 0 Å². The highest BCUT2D eigenvalue weighted by molar-refractivity contribution is 5.92. The molecule has 2 saturated heterocycles. The summed E-state index contributed by atoms with van der Waals surface area (Å²) < 4.78 is 0. The molecular weight excluding hydrogens is 292 g/mol. The minimum absolute atomic E-state index is 0.0264. The van der Waals surface area contributed by atoms with Gasteiger partial charge in [0.1, 0.15) is 5.69 Å². The highest BCUT2D eigenvalue weighted by atomic mass is 16.2. The predicted octanol–water partition coefficient (Wildman–Crippen LogP) is 0.00610. The molecule has 7 nitrogen and oxygen atoms in total. The predicted molar refractivity (Wildman–Crippen MR) is 89.8 cm³/mol. The number of hydrogen-bond donors (Lipinski definition) is 0. The quantitative estimate of drug-likeness (QED) is 0.782. The van der Waals surface area contributed by atoms with Crippen LogP contribution in [-0.2, 0) is 0 Å².